The molecule has 0 aromatic heterocycles. The fourth-order valence-corrected chi connectivity index (χ4v) is 2.15. The fourth-order valence-electron chi connectivity index (χ4n) is 1.25. The van der Waals surface area contributed by atoms with Gasteiger partial charge in [0.1, 0.15) is 0 Å². The van der Waals surface area contributed by atoms with Crippen LogP contribution in [0.1, 0.15) is 17.9 Å². The van der Waals surface area contributed by atoms with Crippen LogP contribution in [0.4, 0.5) is 0 Å². The van der Waals surface area contributed by atoms with Crippen molar-refractivity contribution in [2.45, 2.75) is 17.2 Å². The molecule has 2 heteroatoms. The summed E-state index contributed by atoms with van der Waals surface area (Å²) in [5.74, 6) is 0.702. The Hall–Kier alpha value is -0.0100. The zero-order chi connectivity index (χ0) is 7.84. The lowest BCUT2D eigenvalue weighted by Crippen LogP contribution is -1.79. The van der Waals surface area contributed by atoms with Gasteiger partial charge in [-0.15, -0.1) is 0 Å². The molecule has 0 spiro atoms. The van der Waals surface area contributed by atoms with E-state index in [9.17, 15) is 0 Å². The largest absolute Gasteiger partial charge is 0.0884 e. The smallest absolute Gasteiger partial charge is 0.0408 e. The van der Waals surface area contributed by atoms with E-state index in [0.717, 1.165) is 5.02 Å². The molecule has 0 amide bonds. The summed E-state index contributed by atoms with van der Waals surface area (Å²) in [6.07, 6.45) is 1.25. The second-order valence-electron chi connectivity index (χ2n) is 2.91. The molecule has 0 radical (unpaired) electrons. The standard InChI is InChI=1S/C9H8BrCl/c10-9-5-8(9)6-2-1-3-7(11)4-6/h1-4,8-9H,5H2. The number of hydrogen-bond donors (Lipinski definition) is 0. The molecular weight excluding hydrogens is 223 g/mol. The van der Waals surface area contributed by atoms with E-state index < -0.39 is 0 Å². The number of benzene rings is 1. The number of alkyl halides is 1. The Balaban J connectivity index is 2.25. The Bertz CT molecular complexity index is 272. The lowest BCUT2D eigenvalue weighted by molar-refractivity contribution is 1.14. The molecule has 0 nitrogen and oxygen atoms in total. The fraction of sp³-hybridized carbons (Fsp3) is 0.333. The van der Waals surface area contributed by atoms with Crippen molar-refractivity contribution in [2.24, 2.45) is 0 Å². The quantitative estimate of drug-likeness (QED) is 0.648. The van der Waals surface area contributed by atoms with Gasteiger partial charge in [0.2, 0.25) is 0 Å². The Morgan fingerprint density at radius 3 is 2.73 bits per heavy atom. The van der Waals surface area contributed by atoms with Gasteiger partial charge in [-0.2, -0.15) is 0 Å². The Morgan fingerprint density at radius 2 is 2.18 bits per heavy atom. The highest BCUT2D eigenvalue weighted by Crippen LogP contribution is 2.46. The van der Waals surface area contributed by atoms with E-state index in [1.165, 1.54) is 12.0 Å². The van der Waals surface area contributed by atoms with Crippen molar-refractivity contribution in [3.05, 3.63) is 34.9 Å². The molecule has 11 heavy (non-hydrogen) atoms. The summed E-state index contributed by atoms with van der Waals surface area (Å²) in [5.41, 5.74) is 1.36. The predicted octanol–water partition coefficient (Wildman–Crippen LogP) is 3.59. The highest BCUT2D eigenvalue weighted by Gasteiger charge is 2.35. The van der Waals surface area contributed by atoms with Crippen LogP contribution in [0.15, 0.2) is 24.3 Å². The van der Waals surface area contributed by atoms with E-state index in [4.69, 9.17) is 11.6 Å². The lowest BCUT2D eigenvalue weighted by atomic mass is 10.1. The first-order chi connectivity index (χ1) is 5.27. The summed E-state index contributed by atoms with van der Waals surface area (Å²) < 4.78 is 0. The van der Waals surface area contributed by atoms with Crippen molar-refractivity contribution in [1.29, 1.82) is 0 Å². The lowest BCUT2D eigenvalue weighted by Gasteiger charge is -1.96. The molecule has 2 atom stereocenters. The summed E-state index contributed by atoms with van der Waals surface area (Å²) in [4.78, 5) is 0.681. The van der Waals surface area contributed by atoms with Gasteiger partial charge in [-0.3, -0.25) is 0 Å². The minimum absolute atomic E-state index is 0.681. The molecule has 2 unspecified atom stereocenters. The van der Waals surface area contributed by atoms with E-state index in [0.29, 0.717) is 10.7 Å². The van der Waals surface area contributed by atoms with Crippen LogP contribution in [-0.2, 0) is 0 Å². The molecule has 0 bridgehead atoms. The summed E-state index contributed by atoms with van der Waals surface area (Å²) in [5, 5.41) is 0.842. The third-order valence-corrected chi connectivity index (χ3v) is 3.24. The molecule has 1 aliphatic carbocycles. The highest BCUT2D eigenvalue weighted by atomic mass is 79.9. The maximum Gasteiger partial charge on any atom is 0.0408 e. The van der Waals surface area contributed by atoms with E-state index in [1.54, 1.807) is 0 Å². The third-order valence-electron chi connectivity index (χ3n) is 1.99. The minimum Gasteiger partial charge on any atom is -0.0884 e. The summed E-state index contributed by atoms with van der Waals surface area (Å²) in [6.45, 7) is 0. The van der Waals surface area contributed by atoms with Gasteiger partial charge in [-0.1, -0.05) is 39.7 Å². The second kappa shape index (κ2) is 2.80. The van der Waals surface area contributed by atoms with Gasteiger partial charge in [0.15, 0.2) is 0 Å². The van der Waals surface area contributed by atoms with Gasteiger partial charge in [0.05, 0.1) is 0 Å². The maximum absolute atomic E-state index is 5.85. The molecule has 1 aromatic carbocycles. The van der Waals surface area contributed by atoms with Crippen LogP contribution in [0.3, 0.4) is 0 Å². The number of rotatable bonds is 1. The van der Waals surface area contributed by atoms with Crippen LogP contribution in [0.25, 0.3) is 0 Å². The predicted molar refractivity (Wildman–Crippen MR) is 51.5 cm³/mol. The normalized spacial score (nSPS) is 28.5. The van der Waals surface area contributed by atoms with Crippen LogP contribution in [0.2, 0.25) is 5.02 Å². The molecule has 1 aliphatic rings. The molecule has 2 rings (SSSR count). The summed E-state index contributed by atoms with van der Waals surface area (Å²) in [7, 11) is 0. The van der Waals surface area contributed by atoms with Crippen LogP contribution in [0, 0.1) is 0 Å². The van der Waals surface area contributed by atoms with E-state index >= 15 is 0 Å². The van der Waals surface area contributed by atoms with E-state index in [1.807, 2.05) is 18.2 Å². The van der Waals surface area contributed by atoms with Gasteiger partial charge >= 0.3 is 0 Å². The topological polar surface area (TPSA) is 0 Å². The number of hydrogen-bond acceptors (Lipinski definition) is 0. The van der Waals surface area contributed by atoms with Crippen LogP contribution >= 0.6 is 27.5 Å². The maximum atomic E-state index is 5.85. The zero-order valence-electron chi connectivity index (χ0n) is 5.93. The Labute approximate surface area is 79.7 Å². The average Bonchev–Trinajstić information content (AvgIpc) is 2.67. The van der Waals surface area contributed by atoms with Crippen molar-refractivity contribution < 1.29 is 0 Å². The van der Waals surface area contributed by atoms with Gasteiger partial charge < -0.3 is 0 Å². The molecule has 0 heterocycles. The molecular formula is C9H8BrCl. The first-order valence-electron chi connectivity index (χ1n) is 3.67. The molecule has 1 fully saturated rings. The minimum atomic E-state index is 0.681. The molecule has 58 valence electrons. The van der Waals surface area contributed by atoms with Gasteiger partial charge in [-0.25, -0.2) is 0 Å². The first-order valence-corrected chi connectivity index (χ1v) is 4.96. The Kier molecular flexibility index (Phi) is 1.94. The van der Waals surface area contributed by atoms with Crippen molar-refractivity contribution >= 4 is 27.5 Å². The van der Waals surface area contributed by atoms with Crippen molar-refractivity contribution in [2.75, 3.05) is 0 Å². The Morgan fingerprint density at radius 1 is 1.45 bits per heavy atom. The number of halogens is 2. The first kappa shape index (κ1) is 7.63. The van der Waals surface area contributed by atoms with Crippen LogP contribution in [0.5, 0.6) is 0 Å². The SMILES string of the molecule is Clc1cccc(C2CC2Br)c1. The third kappa shape index (κ3) is 1.60. The van der Waals surface area contributed by atoms with Crippen molar-refractivity contribution in [3.63, 3.8) is 0 Å². The zero-order valence-corrected chi connectivity index (χ0v) is 8.27. The molecule has 0 N–H and O–H groups in total. The van der Waals surface area contributed by atoms with Crippen LogP contribution in [-0.4, -0.2) is 4.83 Å². The van der Waals surface area contributed by atoms with Crippen LogP contribution < -0.4 is 0 Å². The highest BCUT2D eigenvalue weighted by molar-refractivity contribution is 9.09. The van der Waals surface area contributed by atoms with Gasteiger partial charge in [0, 0.05) is 9.85 Å². The van der Waals surface area contributed by atoms with Gasteiger partial charge in [-0.05, 0) is 30.0 Å². The molecule has 0 aliphatic heterocycles. The molecule has 1 aromatic rings. The van der Waals surface area contributed by atoms with E-state index in [-0.39, 0.29) is 0 Å². The summed E-state index contributed by atoms with van der Waals surface area (Å²) in [6, 6.07) is 8.11. The van der Waals surface area contributed by atoms with E-state index in [2.05, 4.69) is 22.0 Å². The van der Waals surface area contributed by atoms with Crippen molar-refractivity contribution in [3.8, 4) is 0 Å². The van der Waals surface area contributed by atoms with Crippen molar-refractivity contribution in [1.82, 2.24) is 0 Å². The molecule has 1 saturated carbocycles. The monoisotopic (exact) mass is 230 g/mol. The summed E-state index contributed by atoms with van der Waals surface area (Å²) >= 11 is 9.42. The molecule has 0 saturated heterocycles. The van der Waals surface area contributed by atoms with Gasteiger partial charge in [0.25, 0.3) is 0 Å². The average molecular weight is 232 g/mol. The second-order valence-corrected chi connectivity index (χ2v) is 4.53.